The quantitative estimate of drug-likeness (QED) is 0.842. The van der Waals surface area contributed by atoms with E-state index in [1.54, 1.807) is 0 Å². The number of hydrogen-bond acceptors (Lipinski definition) is 5. The minimum atomic E-state index is -5.08. The van der Waals surface area contributed by atoms with Gasteiger partial charge in [0.1, 0.15) is 0 Å². The lowest BCUT2D eigenvalue weighted by molar-refractivity contribution is -0.192. The predicted molar refractivity (Wildman–Crippen MR) is 92.2 cm³/mol. The number of nitrogens with zero attached hydrogens (tertiary/aromatic N) is 3. The fourth-order valence-corrected chi connectivity index (χ4v) is 3.19. The molecule has 146 valence electrons. The number of pyridine rings is 1. The molecular formula is C17H25F3N4O2. The molecule has 1 aromatic heterocycles. The van der Waals surface area contributed by atoms with Gasteiger partial charge in [-0.25, -0.2) is 4.79 Å². The SMILES string of the molecule is O=C(O)C(F)(F)F.c1cc(N2CCC(CN3CCNCC3)CC2)ccn1. The molecule has 0 unspecified atom stereocenters. The van der Waals surface area contributed by atoms with Crippen LogP contribution in [0.5, 0.6) is 0 Å². The largest absolute Gasteiger partial charge is 0.490 e. The van der Waals surface area contributed by atoms with Gasteiger partial charge in [0.15, 0.2) is 0 Å². The zero-order valence-electron chi connectivity index (χ0n) is 14.6. The summed E-state index contributed by atoms with van der Waals surface area (Å²) in [5.41, 5.74) is 1.33. The number of aliphatic carboxylic acids is 1. The summed E-state index contributed by atoms with van der Waals surface area (Å²) in [6, 6.07) is 4.24. The summed E-state index contributed by atoms with van der Waals surface area (Å²) in [5, 5.41) is 10.5. The van der Waals surface area contributed by atoms with Gasteiger partial charge >= 0.3 is 12.1 Å². The van der Waals surface area contributed by atoms with Gasteiger partial charge in [0.05, 0.1) is 0 Å². The summed E-state index contributed by atoms with van der Waals surface area (Å²) in [7, 11) is 0. The van der Waals surface area contributed by atoms with E-state index in [0.717, 1.165) is 19.0 Å². The molecule has 0 saturated carbocycles. The van der Waals surface area contributed by atoms with Gasteiger partial charge in [0, 0.05) is 63.9 Å². The molecule has 0 atom stereocenters. The van der Waals surface area contributed by atoms with Gasteiger partial charge in [-0.3, -0.25) is 4.98 Å². The molecule has 0 amide bonds. The van der Waals surface area contributed by atoms with Crippen LogP contribution in [0.25, 0.3) is 0 Å². The van der Waals surface area contributed by atoms with E-state index >= 15 is 0 Å². The minimum absolute atomic E-state index is 0.885. The third kappa shape index (κ3) is 6.80. The number of piperidine rings is 1. The molecule has 1 aromatic rings. The van der Waals surface area contributed by atoms with E-state index in [0.29, 0.717) is 0 Å². The fourth-order valence-electron chi connectivity index (χ4n) is 3.19. The van der Waals surface area contributed by atoms with Crippen LogP contribution in [0.1, 0.15) is 12.8 Å². The summed E-state index contributed by atoms with van der Waals surface area (Å²) >= 11 is 0. The first kappa shape index (κ1) is 20.4. The van der Waals surface area contributed by atoms with E-state index in [4.69, 9.17) is 9.90 Å². The third-order valence-electron chi connectivity index (χ3n) is 4.61. The molecule has 0 aliphatic carbocycles. The molecule has 0 spiro atoms. The maximum absolute atomic E-state index is 10.6. The van der Waals surface area contributed by atoms with Crippen molar-refractivity contribution in [3.05, 3.63) is 24.5 Å². The highest BCUT2D eigenvalue weighted by Gasteiger charge is 2.38. The van der Waals surface area contributed by atoms with E-state index in [9.17, 15) is 13.2 Å². The van der Waals surface area contributed by atoms with E-state index in [2.05, 4.69) is 32.2 Å². The van der Waals surface area contributed by atoms with Crippen LogP contribution >= 0.6 is 0 Å². The molecular weight excluding hydrogens is 349 g/mol. The molecule has 0 radical (unpaired) electrons. The highest BCUT2D eigenvalue weighted by Crippen LogP contribution is 2.23. The Morgan fingerprint density at radius 1 is 1.15 bits per heavy atom. The maximum atomic E-state index is 10.6. The van der Waals surface area contributed by atoms with Crippen LogP contribution in [-0.2, 0) is 4.79 Å². The minimum Gasteiger partial charge on any atom is -0.475 e. The summed E-state index contributed by atoms with van der Waals surface area (Å²) in [4.78, 5) is 18.1. The Labute approximate surface area is 151 Å². The molecule has 2 N–H and O–H groups in total. The number of anilines is 1. The smallest absolute Gasteiger partial charge is 0.475 e. The van der Waals surface area contributed by atoms with Crippen molar-refractivity contribution in [2.45, 2.75) is 19.0 Å². The van der Waals surface area contributed by atoms with Gasteiger partial charge in [-0.1, -0.05) is 0 Å². The van der Waals surface area contributed by atoms with Gasteiger partial charge < -0.3 is 20.2 Å². The molecule has 3 heterocycles. The second kappa shape index (κ2) is 9.72. The number of rotatable bonds is 3. The first-order chi connectivity index (χ1) is 12.4. The second-order valence-corrected chi connectivity index (χ2v) is 6.49. The van der Waals surface area contributed by atoms with Gasteiger partial charge in [-0.05, 0) is 30.9 Å². The van der Waals surface area contributed by atoms with Crippen molar-refractivity contribution in [1.82, 2.24) is 15.2 Å². The van der Waals surface area contributed by atoms with Crippen LogP contribution in [0, 0.1) is 5.92 Å². The van der Waals surface area contributed by atoms with Crippen molar-refractivity contribution in [2.24, 2.45) is 5.92 Å². The molecule has 9 heteroatoms. The van der Waals surface area contributed by atoms with Gasteiger partial charge in [0.25, 0.3) is 0 Å². The van der Waals surface area contributed by atoms with Crippen LogP contribution in [0.3, 0.4) is 0 Å². The summed E-state index contributed by atoms with van der Waals surface area (Å²) in [6.45, 7) is 8.47. The number of carboxylic acids is 1. The Balaban J connectivity index is 0.000000298. The average Bonchev–Trinajstić information content (AvgIpc) is 2.64. The Kier molecular flexibility index (Phi) is 7.65. The zero-order chi connectivity index (χ0) is 19.0. The lowest BCUT2D eigenvalue weighted by Gasteiger charge is -2.37. The Morgan fingerprint density at radius 3 is 2.19 bits per heavy atom. The zero-order valence-corrected chi connectivity index (χ0v) is 14.6. The second-order valence-electron chi connectivity index (χ2n) is 6.49. The molecule has 0 aromatic carbocycles. The first-order valence-corrected chi connectivity index (χ1v) is 8.74. The molecule has 2 aliphatic rings. The summed E-state index contributed by atoms with van der Waals surface area (Å²) < 4.78 is 31.7. The normalized spacial score (nSPS) is 19.6. The van der Waals surface area contributed by atoms with Crippen LogP contribution in [0.15, 0.2) is 24.5 Å². The Bertz CT molecular complexity index is 543. The van der Waals surface area contributed by atoms with Crippen LogP contribution in [-0.4, -0.2) is 72.9 Å². The highest BCUT2D eigenvalue weighted by molar-refractivity contribution is 5.73. The fraction of sp³-hybridized carbons (Fsp3) is 0.647. The number of carbonyl (C=O) groups is 1. The Hall–Kier alpha value is -1.87. The number of hydrogen-bond donors (Lipinski definition) is 2. The number of halogens is 3. The third-order valence-corrected chi connectivity index (χ3v) is 4.61. The molecule has 2 fully saturated rings. The van der Waals surface area contributed by atoms with Gasteiger partial charge in [-0.15, -0.1) is 0 Å². The number of carboxylic acid groups (broad SMARTS) is 1. The summed E-state index contributed by atoms with van der Waals surface area (Å²) in [6.07, 6.45) is 1.35. The van der Waals surface area contributed by atoms with Crippen LogP contribution in [0.4, 0.5) is 18.9 Å². The lowest BCUT2D eigenvalue weighted by atomic mass is 9.95. The number of aromatic nitrogens is 1. The van der Waals surface area contributed by atoms with E-state index in [-0.39, 0.29) is 0 Å². The van der Waals surface area contributed by atoms with E-state index in [1.807, 2.05) is 12.4 Å². The Morgan fingerprint density at radius 2 is 1.69 bits per heavy atom. The maximum Gasteiger partial charge on any atom is 0.490 e. The molecule has 3 rings (SSSR count). The number of piperazine rings is 1. The topological polar surface area (TPSA) is 68.7 Å². The molecule has 0 bridgehead atoms. The molecule has 26 heavy (non-hydrogen) atoms. The van der Waals surface area contributed by atoms with Crippen LogP contribution < -0.4 is 10.2 Å². The molecule has 6 nitrogen and oxygen atoms in total. The average molecular weight is 374 g/mol. The number of nitrogens with one attached hydrogen (secondary N) is 1. The van der Waals surface area contributed by atoms with Crippen LogP contribution in [0.2, 0.25) is 0 Å². The van der Waals surface area contributed by atoms with Gasteiger partial charge in [-0.2, -0.15) is 13.2 Å². The van der Waals surface area contributed by atoms with E-state index < -0.39 is 12.1 Å². The molecule has 2 aliphatic heterocycles. The number of alkyl halides is 3. The lowest BCUT2D eigenvalue weighted by Crippen LogP contribution is -2.46. The summed E-state index contributed by atoms with van der Waals surface area (Å²) in [5.74, 6) is -1.87. The first-order valence-electron chi connectivity index (χ1n) is 8.74. The van der Waals surface area contributed by atoms with Crippen molar-refractivity contribution in [2.75, 3.05) is 50.7 Å². The van der Waals surface area contributed by atoms with Crippen molar-refractivity contribution in [3.63, 3.8) is 0 Å². The van der Waals surface area contributed by atoms with E-state index in [1.165, 1.54) is 51.3 Å². The standard InChI is InChI=1S/C15H24N4.C2HF3O2/c1-5-16-6-2-15(1)19-9-3-14(4-10-19)13-18-11-7-17-8-12-18;3-2(4,5)1(6)7/h1-2,5-6,14,17H,3-4,7-13H2;(H,6,7). The van der Waals surface area contributed by atoms with Crippen molar-refractivity contribution < 1.29 is 23.1 Å². The monoisotopic (exact) mass is 374 g/mol. The molecule has 2 saturated heterocycles. The highest BCUT2D eigenvalue weighted by atomic mass is 19.4. The van der Waals surface area contributed by atoms with Crippen molar-refractivity contribution >= 4 is 11.7 Å². The predicted octanol–water partition coefficient (Wildman–Crippen LogP) is 1.84. The van der Waals surface area contributed by atoms with Gasteiger partial charge in [0.2, 0.25) is 0 Å². The van der Waals surface area contributed by atoms with Crippen molar-refractivity contribution in [1.29, 1.82) is 0 Å². The van der Waals surface area contributed by atoms with Crippen molar-refractivity contribution in [3.8, 4) is 0 Å².